The Bertz CT molecular complexity index is 695. The number of fused-ring (bicyclic) bond motifs is 3. The molecular formula is C10H8BrN3O3. The highest BCUT2D eigenvalue weighted by Crippen LogP contribution is 2.40. The van der Waals surface area contributed by atoms with Crippen LogP contribution in [0.1, 0.15) is 5.82 Å². The van der Waals surface area contributed by atoms with E-state index in [4.69, 9.17) is 15.3 Å². The lowest BCUT2D eigenvalue weighted by Gasteiger charge is -2.08. The second-order valence-corrected chi connectivity index (χ2v) is 4.50. The molecule has 1 aromatic heterocycles. The summed E-state index contributed by atoms with van der Waals surface area (Å²) in [6, 6.07) is 1.68. The highest BCUT2D eigenvalue weighted by molar-refractivity contribution is 9.10. The van der Waals surface area contributed by atoms with E-state index < -0.39 is 0 Å². The Morgan fingerprint density at radius 3 is 3.06 bits per heavy atom. The molecule has 0 bridgehead atoms. The van der Waals surface area contributed by atoms with Gasteiger partial charge in [0.05, 0.1) is 5.39 Å². The van der Waals surface area contributed by atoms with E-state index in [1.54, 1.807) is 13.0 Å². The molecule has 1 aliphatic rings. The molecule has 88 valence electrons. The van der Waals surface area contributed by atoms with Gasteiger partial charge in [0.25, 0.3) is 5.56 Å². The summed E-state index contributed by atoms with van der Waals surface area (Å²) >= 11 is 3.32. The van der Waals surface area contributed by atoms with Crippen molar-refractivity contribution >= 4 is 26.8 Å². The van der Waals surface area contributed by atoms with E-state index in [1.807, 2.05) is 0 Å². The summed E-state index contributed by atoms with van der Waals surface area (Å²) < 4.78 is 12.2. The van der Waals surface area contributed by atoms with Gasteiger partial charge in [0, 0.05) is 4.47 Å². The number of rotatable bonds is 0. The molecule has 1 aromatic carbocycles. The molecule has 0 fully saturated rings. The average Bonchev–Trinajstić information content (AvgIpc) is 2.73. The Kier molecular flexibility index (Phi) is 2.06. The van der Waals surface area contributed by atoms with E-state index in [0.717, 1.165) is 4.68 Å². The number of benzene rings is 1. The minimum atomic E-state index is -0.322. The number of ether oxygens (including phenoxy) is 2. The fourth-order valence-corrected chi connectivity index (χ4v) is 2.35. The van der Waals surface area contributed by atoms with Gasteiger partial charge in [-0.2, -0.15) is 0 Å². The topological polar surface area (TPSA) is 79.4 Å². The fraction of sp³-hybridized carbons (Fsp3) is 0.200. The molecule has 7 heteroatoms. The van der Waals surface area contributed by atoms with Crippen LogP contribution in [0, 0.1) is 6.92 Å². The van der Waals surface area contributed by atoms with Crippen LogP contribution in [0.2, 0.25) is 0 Å². The standard InChI is InChI=1S/C10H8BrN3O3/c1-4-13-8-7(10(15)14(4)12)5(11)2-6-9(8)17-3-16-6/h2H,3,12H2,1H3. The van der Waals surface area contributed by atoms with Crippen molar-refractivity contribution in [2.45, 2.75) is 6.92 Å². The first-order valence-corrected chi connectivity index (χ1v) is 5.65. The van der Waals surface area contributed by atoms with Crippen LogP contribution >= 0.6 is 15.9 Å². The SMILES string of the molecule is Cc1nc2c3c(cc(Br)c2c(=O)n1N)OCO3. The van der Waals surface area contributed by atoms with Crippen molar-refractivity contribution in [1.82, 2.24) is 9.66 Å². The molecule has 2 heterocycles. The quantitative estimate of drug-likeness (QED) is 0.731. The fourth-order valence-electron chi connectivity index (χ4n) is 1.79. The second kappa shape index (κ2) is 3.36. The van der Waals surface area contributed by atoms with Gasteiger partial charge in [-0.3, -0.25) is 4.79 Å². The molecule has 0 aliphatic carbocycles. The van der Waals surface area contributed by atoms with Crippen LogP contribution in [0.3, 0.4) is 0 Å². The summed E-state index contributed by atoms with van der Waals surface area (Å²) in [5.74, 6) is 7.09. The number of nitrogen functional groups attached to an aromatic ring is 1. The zero-order valence-electron chi connectivity index (χ0n) is 8.86. The van der Waals surface area contributed by atoms with E-state index in [-0.39, 0.29) is 12.4 Å². The molecule has 0 amide bonds. The Labute approximate surface area is 104 Å². The van der Waals surface area contributed by atoms with Crippen molar-refractivity contribution < 1.29 is 9.47 Å². The van der Waals surface area contributed by atoms with E-state index in [9.17, 15) is 4.79 Å². The van der Waals surface area contributed by atoms with Crippen molar-refractivity contribution in [2.24, 2.45) is 0 Å². The third kappa shape index (κ3) is 1.32. The molecule has 0 saturated carbocycles. The first-order valence-electron chi connectivity index (χ1n) is 4.86. The van der Waals surface area contributed by atoms with Crippen LogP contribution in [0.15, 0.2) is 15.3 Å². The van der Waals surface area contributed by atoms with Crippen molar-refractivity contribution in [1.29, 1.82) is 0 Å². The maximum absolute atomic E-state index is 12.0. The lowest BCUT2D eigenvalue weighted by Crippen LogP contribution is -2.30. The van der Waals surface area contributed by atoms with E-state index in [1.165, 1.54) is 0 Å². The summed E-state index contributed by atoms with van der Waals surface area (Å²) in [7, 11) is 0. The zero-order valence-corrected chi connectivity index (χ0v) is 10.4. The maximum Gasteiger partial charge on any atom is 0.281 e. The van der Waals surface area contributed by atoms with Crippen LogP contribution in [0.5, 0.6) is 11.5 Å². The molecule has 3 rings (SSSR count). The molecule has 6 nitrogen and oxygen atoms in total. The largest absolute Gasteiger partial charge is 0.453 e. The lowest BCUT2D eigenvalue weighted by molar-refractivity contribution is 0.174. The van der Waals surface area contributed by atoms with Crippen LogP contribution in [0.4, 0.5) is 0 Å². The maximum atomic E-state index is 12.0. The summed E-state index contributed by atoms with van der Waals surface area (Å²) in [4.78, 5) is 16.3. The van der Waals surface area contributed by atoms with E-state index in [2.05, 4.69) is 20.9 Å². The number of hydrogen-bond acceptors (Lipinski definition) is 5. The number of aryl methyl sites for hydroxylation is 1. The first kappa shape index (κ1) is 10.4. The molecule has 0 atom stereocenters. The summed E-state index contributed by atoms with van der Waals surface area (Å²) in [6.07, 6.45) is 0. The zero-order chi connectivity index (χ0) is 12.2. The molecule has 2 N–H and O–H groups in total. The van der Waals surface area contributed by atoms with Gasteiger partial charge in [0.15, 0.2) is 11.5 Å². The summed E-state index contributed by atoms with van der Waals surface area (Å²) in [6.45, 7) is 1.79. The van der Waals surface area contributed by atoms with Crippen LogP contribution in [-0.4, -0.2) is 16.5 Å². The van der Waals surface area contributed by atoms with Crippen LogP contribution in [0.25, 0.3) is 10.9 Å². The van der Waals surface area contributed by atoms with Crippen molar-refractivity contribution in [3.63, 3.8) is 0 Å². The van der Waals surface area contributed by atoms with Crippen LogP contribution < -0.4 is 20.9 Å². The number of aromatic nitrogens is 2. The number of nitrogens with two attached hydrogens (primary N) is 1. The van der Waals surface area contributed by atoms with Gasteiger partial charge in [-0.1, -0.05) is 0 Å². The third-order valence-electron chi connectivity index (χ3n) is 2.64. The molecule has 0 spiro atoms. The minimum Gasteiger partial charge on any atom is -0.453 e. The van der Waals surface area contributed by atoms with Crippen molar-refractivity contribution in [3.8, 4) is 11.5 Å². The van der Waals surface area contributed by atoms with E-state index >= 15 is 0 Å². The van der Waals surface area contributed by atoms with Gasteiger partial charge in [-0.05, 0) is 28.9 Å². The monoisotopic (exact) mass is 297 g/mol. The minimum absolute atomic E-state index is 0.132. The molecule has 1 aliphatic heterocycles. The van der Waals surface area contributed by atoms with Gasteiger partial charge in [0.1, 0.15) is 11.3 Å². The Morgan fingerprint density at radius 2 is 2.29 bits per heavy atom. The number of nitrogens with zero attached hydrogens (tertiary/aromatic N) is 2. The van der Waals surface area contributed by atoms with Gasteiger partial charge in [-0.25, -0.2) is 9.66 Å². The van der Waals surface area contributed by atoms with E-state index in [0.29, 0.717) is 32.7 Å². The predicted molar refractivity (Wildman–Crippen MR) is 64.7 cm³/mol. The predicted octanol–water partition coefficient (Wildman–Crippen LogP) is 0.910. The third-order valence-corrected chi connectivity index (χ3v) is 3.27. The first-order chi connectivity index (χ1) is 8.09. The molecule has 17 heavy (non-hydrogen) atoms. The highest BCUT2D eigenvalue weighted by atomic mass is 79.9. The number of halogens is 1. The Balaban J connectivity index is 2.57. The average molecular weight is 298 g/mol. The van der Waals surface area contributed by atoms with Crippen molar-refractivity contribution in [3.05, 3.63) is 26.7 Å². The molecule has 0 radical (unpaired) electrons. The van der Waals surface area contributed by atoms with Crippen molar-refractivity contribution in [2.75, 3.05) is 12.6 Å². The number of hydrogen-bond donors (Lipinski definition) is 1. The molecule has 0 unspecified atom stereocenters. The summed E-state index contributed by atoms with van der Waals surface area (Å²) in [5, 5.41) is 0.391. The smallest absolute Gasteiger partial charge is 0.281 e. The molecular weight excluding hydrogens is 290 g/mol. The second-order valence-electron chi connectivity index (χ2n) is 3.65. The lowest BCUT2D eigenvalue weighted by atomic mass is 10.2. The molecule has 0 saturated heterocycles. The molecule has 2 aromatic rings. The van der Waals surface area contributed by atoms with Gasteiger partial charge < -0.3 is 15.3 Å². The Hall–Kier alpha value is -1.76. The van der Waals surface area contributed by atoms with Gasteiger partial charge in [0.2, 0.25) is 6.79 Å². The van der Waals surface area contributed by atoms with Gasteiger partial charge in [-0.15, -0.1) is 0 Å². The van der Waals surface area contributed by atoms with Gasteiger partial charge >= 0.3 is 0 Å². The highest BCUT2D eigenvalue weighted by Gasteiger charge is 2.23. The summed E-state index contributed by atoms with van der Waals surface area (Å²) in [5.41, 5.74) is 0.147. The van der Waals surface area contributed by atoms with Crippen LogP contribution in [-0.2, 0) is 0 Å². The normalized spacial score (nSPS) is 13.3. The Morgan fingerprint density at radius 1 is 1.53 bits per heavy atom.